The van der Waals surface area contributed by atoms with Crippen LogP contribution in [0.3, 0.4) is 0 Å². The van der Waals surface area contributed by atoms with E-state index < -0.39 is 20.6 Å². The highest BCUT2D eigenvalue weighted by Crippen LogP contribution is 2.55. The van der Waals surface area contributed by atoms with Gasteiger partial charge in [0.1, 0.15) is 0 Å². The zero-order chi connectivity index (χ0) is 9.69. The van der Waals surface area contributed by atoms with Gasteiger partial charge in [0.15, 0.2) is 0 Å². The van der Waals surface area contributed by atoms with E-state index >= 15 is 0 Å². The van der Waals surface area contributed by atoms with E-state index in [1.165, 1.54) is 0 Å². The summed E-state index contributed by atoms with van der Waals surface area (Å²) in [5.74, 6) is 0.505. The molecule has 0 aromatic rings. The fraction of sp³-hybridized carbons (Fsp3) is 0.875. The maximum Gasteiger partial charge on any atom is 0.329 e. The van der Waals surface area contributed by atoms with Gasteiger partial charge in [-0.3, -0.25) is 9.35 Å². The molecule has 0 radical (unpaired) electrons. The minimum atomic E-state index is -4.47. The van der Waals surface area contributed by atoms with Crippen LogP contribution < -0.4 is 0 Å². The number of rotatable bonds is 1. The molecule has 4 nitrogen and oxygen atoms in total. The van der Waals surface area contributed by atoms with Crippen LogP contribution in [0.4, 0.5) is 0 Å². The third-order valence-corrected chi connectivity index (χ3v) is 4.31. The third kappa shape index (κ3) is 1.30. The van der Waals surface area contributed by atoms with Crippen LogP contribution in [0.1, 0.15) is 32.1 Å². The van der Waals surface area contributed by atoms with Crippen molar-refractivity contribution in [2.75, 3.05) is 0 Å². The van der Waals surface area contributed by atoms with Crippen LogP contribution in [-0.2, 0) is 14.9 Å². The first-order valence-electron chi connectivity index (χ1n) is 4.46. The smallest absolute Gasteiger partial charge is 0.280 e. The Balaban J connectivity index is 2.31. The predicted octanol–water partition coefficient (Wildman–Crippen LogP) is 0.981. The molecule has 0 spiro atoms. The molecule has 0 unspecified atom stereocenters. The van der Waals surface area contributed by atoms with Crippen molar-refractivity contribution >= 4 is 15.2 Å². The summed E-state index contributed by atoms with van der Waals surface area (Å²) in [6.45, 7) is 0. The van der Waals surface area contributed by atoms with Crippen LogP contribution in [-0.4, -0.2) is 18.1 Å². The summed E-state index contributed by atoms with van der Waals surface area (Å²) in [5.41, 5.74) is -0.724. The summed E-state index contributed by atoms with van der Waals surface area (Å²) >= 11 is 0. The number of carbonyl (C=O) groups excluding carboxylic acids is 1. The molecule has 13 heavy (non-hydrogen) atoms. The molecular formula is C8H12O4S. The molecule has 0 saturated heterocycles. The fourth-order valence-corrected chi connectivity index (χ4v) is 3.59. The summed E-state index contributed by atoms with van der Waals surface area (Å²) in [5, 5.41) is -0.944. The van der Waals surface area contributed by atoms with Gasteiger partial charge in [0.2, 0.25) is 0 Å². The average Bonchev–Trinajstić information content (AvgIpc) is 2.60. The summed E-state index contributed by atoms with van der Waals surface area (Å²) < 4.78 is 30.1. The number of hydrogen-bond acceptors (Lipinski definition) is 3. The molecule has 0 aromatic heterocycles. The highest BCUT2D eigenvalue weighted by atomic mass is 32.2. The van der Waals surface area contributed by atoms with Gasteiger partial charge in [-0.1, -0.05) is 0 Å². The predicted molar refractivity (Wildman–Crippen MR) is 45.6 cm³/mol. The summed E-state index contributed by atoms with van der Waals surface area (Å²) in [4.78, 5) is 11.4. The van der Waals surface area contributed by atoms with Gasteiger partial charge in [0.25, 0.3) is 5.12 Å². The Morgan fingerprint density at radius 1 is 1.31 bits per heavy atom. The van der Waals surface area contributed by atoms with Crippen molar-refractivity contribution in [2.45, 2.75) is 32.1 Å². The maximum atomic E-state index is 11.4. The minimum Gasteiger partial charge on any atom is -0.280 e. The highest BCUT2D eigenvalue weighted by molar-refractivity contribution is 8.01. The van der Waals surface area contributed by atoms with Crippen molar-refractivity contribution < 1.29 is 17.8 Å². The fourth-order valence-electron chi connectivity index (χ4n) is 2.75. The average molecular weight is 204 g/mol. The first kappa shape index (κ1) is 9.15. The van der Waals surface area contributed by atoms with Crippen LogP contribution in [0.5, 0.6) is 0 Å². The van der Waals surface area contributed by atoms with Gasteiger partial charge in [-0.05, 0) is 38.0 Å². The first-order valence-corrected chi connectivity index (χ1v) is 5.90. The SMILES string of the molecule is O=C(C12CCC(CC1)C2)S(=O)(=O)O. The van der Waals surface area contributed by atoms with Gasteiger partial charge in [0.05, 0.1) is 0 Å². The molecule has 0 amide bonds. The van der Waals surface area contributed by atoms with Crippen LogP contribution in [0.2, 0.25) is 0 Å². The number of carbonyl (C=O) groups is 1. The van der Waals surface area contributed by atoms with Crippen molar-refractivity contribution in [1.29, 1.82) is 0 Å². The Labute approximate surface area is 77.1 Å². The maximum absolute atomic E-state index is 11.4. The molecule has 2 aliphatic carbocycles. The van der Waals surface area contributed by atoms with Gasteiger partial charge in [-0.2, -0.15) is 8.42 Å². The standard InChI is InChI=1S/C8H12O4S/c9-7(13(10,11)12)8-3-1-6(5-8)2-4-8/h6H,1-5H2,(H,10,11,12). The quantitative estimate of drug-likeness (QED) is 0.646. The molecule has 2 fully saturated rings. The molecule has 0 aliphatic heterocycles. The van der Waals surface area contributed by atoms with Gasteiger partial charge in [-0.15, -0.1) is 0 Å². The van der Waals surface area contributed by atoms with Crippen molar-refractivity contribution in [1.82, 2.24) is 0 Å². The van der Waals surface area contributed by atoms with E-state index in [9.17, 15) is 13.2 Å². The Hall–Kier alpha value is -0.420. The molecular weight excluding hydrogens is 192 g/mol. The summed E-state index contributed by atoms with van der Waals surface area (Å²) in [6.07, 6.45) is 3.79. The van der Waals surface area contributed by atoms with Crippen LogP contribution >= 0.6 is 0 Å². The molecule has 5 heteroatoms. The second-order valence-electron chi connectivity index (χ2n) is 4.19. The molecule has 2 aliphatic rings. The van der Waals surface area contributed by atoms with Crippen LogP contribution in [0, 0.1) is 11.3 Å². The lowest BCUT2D eigenvalue weighted by atomic mass is 9.86. The number of hydrogen-bond donors (Lipinski definition) is 1. The zero-order valence-corrected chi connectivity index (χ0v) is 8.01. The highest BCUT2D eigenvalue weighted by Gasteiger charge is 2.53. The second-order valence-corrected chi connectivity index (χ2v) is 5.51. The normalized spacial score (nSPS) is 38.1. The first-order chi connectivity index (χ1) is 5.94. The monoisotopic (exact) mass is 204 g/mol. The van der Waals surface area contributed by atoms with Gasteiger partial charge in [0, 0.05) is 5.41 Å². The molecule has 0 aromatic carbocycles. The summed E-state index contributed by atoms with van der Waals surface area (Å²) in [7, 11) is -4.47. The molecule has 74 valence electrons. The van der Waals surface area contributed by atoms with Crippen molar-refractivity contribution in [3.63, 3.8) is 0 Å². The summed E-state index contributed by atoms with van der Waals surface area (Å²) in [6, 6.07) is 0. The van der Waals surface area contributed by atoms with E-state index in [2.05, 4.69) is 0 Å². The van der Waals surface area contributed by atoms with E-state index in [1.807, 2.05) is 0 Å². The molecule has 2 saturated carbocycles. The van der Waals surface area contributed by atoms with Crippen molar-refractivity contribution in [3.8, 4) is 0 Å². The Morgan fingerprint density at radius 3 is 2.15 bits per heavy atom. The topological polar surface area (TPSA) is 71.4 Å². The van der Waals surface area contributed by atoms with Crippen molar-refractivity contribution in [3.05, 3.63) is 0 Å². The molecule has 0 heterocycles. The number of fused-ring (bicyclic) bond motifs is 2. The van der Waals surface area contributed by atoms with E-state index in [1.54, 1.807) is 0 Å². The molecule has 2 rings (SSSR count). The lowest BCUT2D eigenvalue weighted by Gasteiger charge is -2.22. The molecule has 0 atom stereocenters. The van der Waals surface area contributed by atoms with Gasteiger partial charge >= 0.3 is 10.1 Å². The molecule has 2 bridgehead atoms. The minimum absolute atomic E-state index is 0.505. The van der Waals surface area contributed by atoms with E-state index in [0.717, 1.165) is 12.8 Å². The van der Waals surface area contributed by atoms with E-state index in [-0.39, 0.29) is 0 Å². The van der Waals surface area contributed by atoms with Crippen LogP contribution in [0.25, 0.3) is 0 Å². The Kier molecular flexibility index (Phi) is 1.79. The zero-order valence-electron chi connectivity index (χ0n) is 7.19. The molecule has 1 N–H and O–H groups in total. The second kappa shape index (κ2) is 2.54. The Bertz CT molecular complexity index is 335. The van der Waals surface area contributed by atoms with Crippen molar-refractivity contribution in [2.24, 2.45) is 11.3 Å². The van der Waals surface area contributed by atoms with Gasteiger partial charge in [-0.25, -0.2) is 0 Å². The van der Waals surface area contributed by atoms with Crippen LogP contribution in [0.15, 0.2) is 0 Å². The van der Waals surface area contributed by atoms with Gasteiger partial charge < -0.3 is 0 Å². The largest absolute Gasteiger partial charge is 0.329 e. The lowest BCUT2D eigenvalue weighted by Crippen LogP contribution is -2.32. The lowest BCUT2D eigenvalue weighted by molar-refractivity contribution is -0.120. The van der Waals surface area contributed by atoms with E-state index in [0.29, 0.717) is 25.2 Å². The third-order valence-electron chi connectivity index (χ3n) is 3.41. The Morgan fingerprint density at radius 2 is 1.85 bits per heavy atom. The van der Waals surface area contributed by atoms with E-state index in [4.69, 9.17) is 4.55 Å².